The van der Waals surface area contributed by atoms with Crippen molar-refractivity contribution in [2.45, 2.75) is 6.54 Å². The van der Waals surface area contributed by atoms with E-state index in [1.54, 1.807) is 18.2 Å². The molecule has 2 rings (SSSR count). The van der Waals surface area contributed by atoms with Crippen molar-refractivity contribution in [3.05, 3.63) is 71.3 Å². The molecule has 0 spiro atoms. The van der Waals surface area contributed by atoms with Crippen LogP contribution in [0.15, 0.2) is 48.5 Å². The monoisotopic (exact) mass is 321 g/mol. The molecule has 22 heavy (non-hydrogen) atoms. The lowest BCUT2D eigenvalue weighted by molar-refractivity contribution is 0.0939. The first-order valence-electron chi connectivity index (χ1n) is 6.39. The van der Waals surface area contributed by atoms with Gasteiger partial charge in [-0.1, -0.05) is 24.3 Å². The van der Waals surface area contributed by atoms with Gasteiger partial charge in [-0.05, 0) is 42.0 Å². The van der Waals surface area contributed by atoms with Gasteiger partial charge < -0.3 is 5.32 Å². The Labute approximate surface area is 131 Å². The molecule has 0 aliphatic rings. The van der Waals surface area contributed by atoms with Crippen LogP contribution in [0.4, 0.5) is 8.78 Å². The second kappa shape index (κ2) is 7.46. The minimum Gasteiger partial charge on any atom is -0.357 e. The summed E-state index contributed by atoms with van der Waals surface area (Å²) >= 11 is 4.98. The first-order chi connectivity index (χ1) is 10.6. The summed E-state index contributed by atoms with van der Waals surface area (Å²) in [5, 5.41) is 2.99. The quantitative estimate of drug-likeness (QED) is 0.600. The van der Waals surface area contributed by atoms with Gasteiger partial charge in [-0.15, -0.1) is 0 Å². The van der Waals surface area contributed by atoms with Crippen LogP contribution in [-0.2, 0) is 6.54 Å². The molecule has 2 aromatic carbocycles. The molecule has 2 aromatic rings. The average molecular weight is 321 g/mol. The molecule has 1 amide bonds. The van der Waals surface area contributed by atoms with Crippen molar-refractivity contribution in [1.29, 1.82) is 0 Å². The maximum absolute atomic E-state index is 13.4. The molecule has 0 unspecified atom stereocenters. The third-order valence-corrected chi connectivity index (χ3v) is 3.02. The third-order valence-electron chi connectivity index (χ3n) is 2.77. The first-order valence-corrected chi connectivity index (χ1v) is 6.80. The maximum atomic E-state index is 13.4. The standard InChI is InChI=1S/C15H13F2N3OS/c16-11-7-5-10(6-8-11)9-18-15(22)20-19-14(21)12-3-1-2-4-13(12)17/h1-8H,9H2,(H,19,21)(H2,18,20,22). The highest BCUT2D eigenvalue weighted by atomic mass is 32.1. The van der Waals surface area contributed by atoms with Crippen molar-refractivity contribution >= 4 is 23.2 Å². The van der Waals surface area contributed by atoms with Crippen LogP contribution in [0.1, 0.15) is 15.9 Å². The molecule has 0 fully saturated rings. The Bertz CT molecular complexity index is 677. The Kier molecular flexibility index (Phi) is 5.37. The fraction of sp³-hybridized carbons (Fsp3) is 0.0667. The van der Waals surface area contributed by atoms with Crippen molar-refractivity contribution in [2.75, 3.05) is 0 Å². The van der Waals surface area contributed by atoms with E-state index in [1.807, 2.05) is 0 Å². The SMILES string of the molecule is O=C(NNC(=S)NCc1ccc(F)cc1)c1ccccc1F. The van der Waals surface area contributed by atoms with Crippen LogP contribution in [0.5, 0.6) is 0 Å². The smallest absolute Gasteiger partial charge is 0.272 e. The number of hydrazine groups is 1. The van der Waals surface area contributed by atoms with E-state index >= 15 is 0 Å². The largest absolute Gasteiger partial charge is 0.357 e. The van der Waals surface area contributed by atoms with E-state index in [-0.39, 0.29) is 16.5 Å². The Balaban J connectivity index is 1.79. The van der Waals surface area contributed by atoms with Crippen molar-refractivity contribution in [3.8, 4) is 0 Å². The van der Waals surface area contributed by atoms with Crippen molar-refractivity contribution in [3.63, 3.8) is 0 Å². The minimum absolute atomic E-state index is 0.0867. The van der Waals surface area contributed by atoms with Crippen LogP contribution in [0.3, 0.4) is 0 Å². The molecule has 114 valence electrons. The van der Waals surface area contributed by atoms with Crippen LogP contribution in [0, 0.1) is 11.6 Å². The fourth-order valence-electron chi connectivity index (χ4n) is 1.66. The summed E-state index contributed by atoms with van der Waals surface area (Å²) < 4.78 is 26.2. The second-order valence-corrected chi connectivity index (χ2v) is 4.78. The van der Waals surface area contributed by atoms with Crippen LogP contribution in [0.25, 0.3) is 0 Å². The molecule has 0 aliphatic carbocycles. The van der Waals surface area contributed by atoms with Crippen molar-refractivity contribution in [2.24, 2.45) is 0 Å². The Morgan fingerprint density at radius 1 is 1.00 bits per heavy atom. The summed E-state index contributed by atoms with van der Waals surface area (Å²) in [5.74, 6) is -1.57. The summed E-state index contributed by atoms with van der Waals surface area (Å²) in [7, 11) is 0. The van der Waals surface area contributed by atoms with Gasteiger partial charge in [-0.3, -0.25) is 15.6 Å². The lowest BCUT2D eigenvalue weighted by Crippen LogP contribution is -2.46. The highest BCUT2D eigenvalue weighted by Crippen LogP contribution is 2.05. The van der Waals surface area contributed by atoms with Crippen molar-refractivity contribution in [1.82, 2.24) is 16.2 Å². The Morgan fingerprint density at radius 2 is 1.68 bits per heavy atom. The van der Waals surface area contributed by atoms with E-state index in [1.165, 1.54) is 30.3 Å². The van der Waals surface area contributed by atoms with Gasteiger partial charge in [0, 0.05) is 6.54 Å². The lowest BCUT2D eigenvalue weighted by Gasteiger charge is -2.12. The normalized spacial score (nSPS) is 9.91. The van der Waals surface area contributed by atoms with Crippen LogP contribution >= 0.6 is 12.2 Å². The number of nitrogens with one attached hydrogen (secondary N) is 3. The van der Waals surface area contributed by atoms with Gasteiger partial charge in [0.15, 0.2) is 5.11 Å². The first kappa shape index (κ1) is 15.8. The van der Waals surface area contributed by atoms with Crippen molar-refractivity contribution < 1.29 is 13.6 Å². The van der Waals surface area contributed by atoms with E-state index in [2.05, 4.69) is 16.2 Å². The summed E-state index contributed by atoms with van der Waals surface area (Å²) in [6.07, 6.45) is 0. The highest BCUT2D eigenvalue weighted by molar-refractivity contribution is 7.80. The molecule has 0 aliphatic heterocycles. The Morgan fingerprint density at radius 3 is 2.36 bits per heavy atom. The molecule has 0 atom stereocenters. The molecular formula is C15H13F2N3OS. The average Bonchev–Trinajstić information content (AvgIpc) is 2.52. The van der Waals surface area contributed by atoms with Crippen LogP contribution in [0.2, 0.25) is 0 Å². The number of halogens is 2. The number of hydrogen-bond donors (Lipinski definition) is 3. The molecule has 0 radical (unpaired) electrons. The molecule has 0 saturated heterocycles. The zero-order chi connectivity index (χ0) is 15.9. The molecule has 0 saturated carbocycles. The zero-order valence-corrected chi connectivity index (χ0v) is 12.2. The highest BCUT2D eigenvalue weighted by Gasteiger charge is 2.10. The Hall–Kier alpha value is -2.54. The number of carbonyl (C=O) groups excluding carboxylic acids is 1. The van der Waals surface area contributed by atoms with Gasteiger partial charge in [0.05, 0.1) is 5.56 Å². The number of carbonyl (C=O) groups is 1. The molecule has 3 N–H and O–H groups in total. The number of hydrogen-bond acceptors (Lipinski definition) is 2. The predicted octanol–water partition coefficient (Wildman–Crippen LogP) is 2.27. The number of amides is 1. The molecular weight excluding hydrogens is 308 g/mol. The van der Waals surface area contributed by atoms with E-state index in [0.717, 1.165) is 5.56 Å². The molecule has 7 heteroatoms. The topological polar surface area (TPSA) is 53.2 Å². The predicted molar refractivity (Wildman–Crippen MR) is 82.8 cm³/mol. The van der Waals surface area contributed by atoms with E-state index in [9.17, 15) is 13.6 Å². The van der Waals surface area contributed by atoms with Gasteiger partial charge in [0.1, 0.15) is 11.6 Å². The maximum Gasteiger partial charge on any atom is 0.272 e. The van der Waals surface area contributed by atoms with Gasteiger partial charge in [0.25, 0.3) is 5.91 Å². The van der Waals surface area contributed by atoms with E-state index in [0.29, 0.717) is 6.54 Å². The fourth-order valence-corrected chi connectivity index (χ4v) is 1.78. The number of benzene rings is 2. The van der Waals surface area contributed by atoms with Gasteiger partial charge >= 0.3 is 0 Å². The summed E-state index contributed by atoms with van der Waals surface area (Å²) in [5.41, 5.74) is 5.50. The number of rotatable bonds is 3. The van der Waals surface area contributed by atoms with Crippen LogP contribution in [-0.4, -0.2) is 11.0 Å². The van der Waals surface area contributed by atoms with Gasteiger partial charge in [-0.2, -0.15) is 0 Å². The van der Waals surface area contributed by atoms with E-state index in [4.69, 9.17) is 12.2 Å². The van der Waals surface area contributed by atoms with E-state index < -0.39 is 11.7 Å². The molecule has 0 heterocycles. The molecule has 0 aromatic heterocycles. The third kappa shape index (κ3) is 4.49. The minimum atomic E-state index is -0.635. The summed E-state index contributed by atoms with van der Waals surface area (Å²) in [6, 6.07) is 11.5. The van der Waals surface area contributed by atoms with Crippen LogP contribution < -0.4 is 16.2 Å². The zero-order valence-electron chi connectivity index (χ0n) is 11.4. The lowest BCUT2D eigenvalue weighted by atomic mass is 10.2. The summed E-state index contributed by atoms with van der Waals surface area (Å²) in [4.78, 5) is 11.7. The second-order valence-electron chi connectivity index (χ2n) is 4.37. The van der Waals surface area contributed by atoms with Gasteiger partial charge in [0.2, 0.25) is 0 Å². The molecule has 0 bridgehead atoms. The number of thiocarbonyl (C=S) groups is 1. The summed E-state index contributed by atoms with van der Waals surface area (Å²) in [6.45, 7) is 0.363. The molecule has 4 nitrogen and oxygen atoms in total. The van der Waals surface area contributed by atoms with Gasteiger partial charge in [-0.25, -0.2) is 8.78 Å².